The van der Waals surface area contributed by atoms with E-state index in [1.54, 1.807) is 0 Å². The first-order valence-corrected chi connectivity index (χ1v) is 5.31. The molecule has 0 N–H and O–H groups in total. The largest absolute Gasteiger partial charge is 0.509 e. The Balaban J connectivity index is 2.91. The topological polar surface area (TPSA) is 9.23 Å². The van der Waals surface area contributed by atoms with Crippen molar-refractivity contribution in [3.8, 4) is 5.75 Å². The highest BCUT2D eigenvalue weighted by molar-refractivity contribution is 6.74. The molecular formula is C11H15BF3O-. The predicted octanol–water partition coefficient (Wildman–Crippen LogP) is 3.23. The lowest BCUT2D eigenvalue weighted by molar-refractivity contribution is 0.217. The summed E-state index contributed by atoms with van der Waals surface area (Å²) in [6.07, 6.45) is 0.839. The van der Waals surface area contributed by atoms with Gasteiger partial charge in [0.05, 0.1) is 6.10 Å². The van der Waals surface area contributed by atoms with Crippen LogP contribution in [0.2, 0.25) is 0 Å². The maximum Gasteiger partial charge on any atom is 0.509 e. The van der Waals surface area contributed by atoms with E-state index in [0.717, 1.165) is 12.5 Å². The highest BCUT2D eigenvalue weighted by Gasteiger charge is 2.27. The number of rotatable bonds is 4. The van der Waals surface area contributed by atoms with Gasteiger partial charge in [0, 0.05) is 0 Å². The lowest BCUT2D eigenvalue weighted by atomic mass is 9.77. The zero-order valence-electron chi connectivity index (χ0n) is 9.64. The third-order valence-corrected chi connectivity index (χ3v) is 2.51. The Labute approximate surface area is 93.7 Å². The van der Waals surface area contributed by atoms with E-state index in [2.05, 4.69) is 0 Å². The smallest absolute Gasteiger partial charge is 0.491 e. The van der Waals surface area contributed by atoms with E-state index in [1.807, 2.05) is 13.8 Å². The normalized spacial score (nSPS) is 13.6. The fourth-order valence-electron chi connectivity index (χ4n) is 1.40. The van der Waals surface area contributed by atoms with E-state index >= 15 is 0 Å². The summed E-state index contributed by atoms with van der Waals surface area (Å²) in [5.74, 6) is 0.496. The fraction of sp³-hybridized carbons (Fsp3) is 0.455. The van der Waals surface area contributed by atoms with Gasteiger partial charge in [0.2, 0.25) is 0 Å². The van der Waals surface area contributed by atoms with Crippen molar-refractivity contribution < 1.29 is 17.7 Å². The van der Waals surface area contributed by atoms with Gasteiger partial charge in [-0.05, 0) is 32.4 Å². The van der Waals surface area contributed by atoms with E-state index < -0.39 is 12.4 Å². The highest BCUT2D eigenvalue weighted by atomic mass is 19.4. The molecule has 0 aliphatic carbocycles. The zero-order valence-corrected chi connectivity index (χ0v) is 9.64. The molecule has 0 bridgehead atoms. The standard InChI is InChI=1S/C11H15BF3O/c1-4-9(3)16-10-5-6-11(8(2)7-10)12(13,14)15/h5-7,9H,4H2,1-3H3/q-1. The summed E-state index contributed by atoms with van der Waals surface area (Å²) >= 11 is 0. The summed E-state index contributed by atoms with van der Waals surface area (Å²) in [7, 11) is 0. The molecule has 1 rings (SSSR count). The molecule has 0 fully saturated rings. The molecule has 0 saturated carbocycles. The lowest BCUT2D eigenvalue weighted by Crippen LogP contribution is -2.36. The summed E-state index contributed by atoms with van der Waals surface area (Å²) in [5, 5.41) is 0. The molecule has 0 aromatic heterocycles. The summed E-state index contributed by atoms with van der Waals surface area (Å²) in [5.41, 5.74) is -0.329. The highest BCUT2D eigenvalue weighted by Crippen LogP contribution is 2.18. The summed E-state index contributed by atoms with van der Waals surface area (Å²) in [4.78, 5) is 0. The van der Waals surface area contributed by atoms with Crippen LogP contribution in [-0.4, -0.2) is 13.1 Å². The summed E-state index contributed by atoms with van der Waals surface area (Å²) in [6.45, 7) is 0.373. The Kier molecular flexibility index (Phi) is 3.89. The van der Waals surface area contributed by atoms with Crippen molar-refractivity contribution in [3.05, 3.63) is 23.8 Å². The van der Waals surface area contributed by atoms with Crippen molar-refractivity contribution in [2.24, 2.45) is 0 Å². The van der Waals surface area contributed by atoms with E-state index in [4.69, 9.17) is 4.74 Å². The average molecular weight is 231 g/mol. The minimum absolute atomic E-state index is 0.0154. The second kappa shape index (κ2) is 4.81. The molecule has 0 heterocycles. The SMILES string of the molecule is CCC(C)Oc1ccc([B-](F)(F)F)c(C)c1. The maximum atomic E-state index is 12.5. The molecule has 1 aromatic rings. The van der Waals surface area contributed by atoms with E-state index in [-0.39, 0.29) is 11.7 Å². The van der Waals surface area contributed by atoms with Gasteiger partial charge < -0.3 is 17.7 Å². The van der Waals surface area contributed by atoms with Crippen LogP contribution in [0, 0.1) is 6.92 Å². The van der Waals surface area contributed by atoms with Crippen molar-refractivity contribution in [1.82, 2.24) is 0 Å². The van der Waals surface area contributed by atoms with E-state index in [9.17, 15) is 12.9 Å². The number of aryl methyl sites for hydroxylation is 1. The molecule has 16 heavy (non-hydrogen) atoms. The molecule has 1 atom stereocenters. The molecule has 0 amide bonds. The molecule has 0 aliphatic rings. The van der Waals surface area contributed by atoms with Crippen molar-refractivity contribution >= 4 is 12.4 Å². The lowest BCUT2D eigenvalue weighted by Gasteiger charge is -2.19. The number of ether oxygens (including phenoxy) is 1. The number of halogens is 3. The Hall–Kier alpha value is -1.13. The minimum Gasteiger partial charge on any atom is -0.491 e. The number of benzene rings is 1. The van der Waals surface area contributed by atoms with E-state index in [0.29, 0.717) is 5.75 Å². The van der Waals surface area contributed by atoms with Gasteiger partial charge in [-0.25, -0.2) is 0 Å². The van der Waals surface area contributed by atoms with Crippen LogP contribution in [0.15, 0.2) is 18.2 Å². The second-order valence-corrected chi connectivity index (χ2v) is 3.93. The van der Waals surface area contributed by atoms with Crippen molar-refractivity contribution in [1.29, 1.82) is 0 Å². The molecular weight excluding hydrogens is 216 g/mol. The van der Waals surface area contributed by atoms with Gasteiger partial charge in [-0.3, -0.25) is 0 Å². The number of hydrogen-bond donors (Lipinski definition) is 0. The third-order valence-electron chi connectivity index (χ3n) is 2.51. The first kappa shape index (κ1) is 12.9. The Morgan fingerprint density at radius 1 is 1.31 bits per heavy atom. The maximum absolute atomic E-state index is 12.5. The van der Waals surface area contributed by atoms with Gasteiger partial charge in [-0.15, -0.1) is 5.46 Å². The van der Waals surface area contributed by atoms with Crippen LogP contribution in [0.1, 0.15) is 25.8 Å². The summed E-state index contributed by atoms with van der Waals surface area (Å²) in [6, 6.07) is 3.91. The molecule has 1 nitrogen and oxygen atoms in total. The second-order valence-electron chi connectivity index (χ2n) is 3.93. The summed E-state index contributed by atoms with van der Waals surface area (Å²) < 4.78 is 43.0. The monoisotopic (exact) mass is 231 g/mol. The third kappa shape index (κ3) is 3.19. The van der Waals surface area contributed by atoms with Gasteiger partial charge in [0.25, 0.3) is 0 Å². The molecule has 90 valence electrons. The molecule has 0 spiro atoms. The van der Waals surface area contributed by atoms with Crippen LogP contribution in [0.25, 0.3) is 0 Å². The molecule has 1 aromatic carbocycles. The van der Waals surface area contributed by atoms with E-state index in [1.165, 1.54) is 19.1 Å². The van der Waals surface area contributed by atoms with Gasteiger partial charge in [-0.2, -0.15) is 0 Å². The van der Waals surface area contributed by atoms with Crippen LogP contribution >= 0.6 is 0 Å². The van der Waals surface area contributed by atoms with Gasteiger partial charge in [0.15, 0.2) is 0 Å². The van der Waals surface area contributed by atoms with Crippen LogP contribution in [-0.2, 0) is 0 Å². The minimum atomic E-state index is -4.93. The number of hydrogen-bond acceptors (Lipinski definition) is 1. The van der Waals surface area contributed by atoms with Crippen LogP contribution in [0.3, 0.4) is 0 Å². The van der Waals surface area contributed by atoms with Crippen LogP contribution in [0.4, 0.5) is 12.9 Å². The predicted molar refractivity (Wildman–Crippen MR) is 60.3 cm³/mol. The quantitative estimate of drug-likeness (QED) is 0.723. The van der Waals surface area contributed by atoms with Gasteiger partial charge in [0.1, 0.15) is 5.75 Å². The van der Waals surface area contributed by atoms with Crippen molar-refractivity contribution in [3.63, 3.8) is 0 Å². The Morgan fingerprint density at radius 3 is 2.38 bits per heavy atom. The average Bonchev–Trinajstić information content (AvgIpc) is 2.15. The Bertz CT molecular complexity index is 363. The Morgan fingerprint density at radius 2 is 1.94 bits per heavy atom. The molecule has 0 aliphatic heterocycles. The fourth-order valence-corrected chi connectivity index (χ4v) is 1.40. The molecule has 5 heteroatoms. The first-order chi connectivity index (χ1) is 7.34. The van der Waals surface area contributed by atoms with Gasteiger partial charge >= 0.3 is 6.98 Å². The van der Waals surface area contributed by atoms with Crippen LogP contribution in [0.5, 0.6) is 5.75 Å². The molecule has 1 unspecified atom stereocenters. The van der Waals surface area contributed by atoms with Gasteiger partial charge in [-0.1, -0.05) is 18.6 Å². The van der Waals surface area contributed by atoms with Crippen molar-refractivity contribution in [2.45, 2.75) is 33.3 Å². The van der Waals surface area contributed by atoms with Crippen molar-refractivity contribution in [2.75, 3.05) is 0 Å². The molecule has 0 saturated heterocycles. The zero-order chi connectivity index (χ0) is 12.3. The first-order valence-electron chi connectivity index (χ1n) is 5.31. The molecule has 0 radical (unpaired) electrons. The van der Waals surface area contributed by atoms with Crippen LogP contribution < -0.4 is 10.2 Å².